The van der Waals surface area contributed by atoms with Crippen LogP contribution >= 0.6 is 0 Å². The van der Waals surface area contributed by atoms with Gasteiger partial charge in [-0.15, -0.1) is 0 Å². The van der Waals surface area contributed by atoms with Crippen LogP contribution < -0.4 is 16.4 Å². The van der Waals surface area contributed by atoms with Gasteiger partial charge in [0.2, 0.25) is 0 Å². The maximum Gasteiger partial charge on any atom is 0.319 e. The summed E-state index contributed by atoms with van der Waals surface area (Å²) < 4.78 is 0. The quantitative estimate of drug-likeness (QED) is 0.726. The Hall–Kier alpha value is -1.55. The summed E-state index contributed by atoms with van der Waals surface area (Å²) in [6, 6.07) is 7.61. The Morgan fingerprint density at radius 3 is 2.44 bits per heavy atom. The van der Waals surface area contributed by atoms with Crippen molar-refractivity contribution in [2.45, 2.75) is 19.8 Å². The van der Waals surface area contributed by atoms with Crippen LogP contribution in [0.4, 0.5) is 10.5 Å². The van der Waals surface area contributed by atoms with Crippen molar-refractivity contribution in [2.75, 3.05) is 18.4 Å². The number of carbonyl (C=O) groups is 1. The molecule has 0 saturated carbocycles. The Morgan fingerprint density at radius 1 is 1.31 bits per heavy atom. The van der Waals surface area contributed by atoms with E-state index in [0.717, 1.165) is 5.69 Å². The van der Waals surface area contributed by atoms with Crippen molar-refractivity contribution < 1.29 is 4.79 Å². The Balaban J connectivity index is 2.51. The highest BCUT2D eigenvalue weighted by atomic mass is 16.2. The zero-order valence-corrected chi connectivity index (χ0v) is 9.79. The molecule has 0 aromatic heterocycles. The van der Waals surface area contributed by atoms with E-state index in [1.165, 1.54) is 5.56 Å². The number of nitrogens with one attached hydrogen (secondary N) is 2. The second-order valence-corrected chi connectivity index (χ2v) is 3.95. The second-order valence-electron chi connectivity index (χ2n) is 3.95. The summed E-state index contributed by atoms with van der Waals surface area (Å²) in [4.78, 5) is 11.3. The van der Waals surface area contributed by atoms with Gasteiger partial charge >= 0.3 is 6.03 Å². The monoisotopic (exact) mass is 221 g/mol. The number of nitrogens with two attached hydrogens (primary N) is 1. The molecule has 4 N–H and O–H groups in total. The number of hydrogen-bond donors (Lipinski definition) is 3. The highest BCUT2D eigenvalue weighted by Crippen LogP contribution is 2.16. The van der Waals surface area contributed by atoms with Crippen molar-refractivity contribution in [3.05, 3.63) is 29.8 Å². The van der Waals surface area contributed by atoms with Crippen molar-refractivity contribution in [2.24, 2.45) is 5.73 Å². The van der Waals surface area contributed by atoms with E-state index in [-0.39, 0.29) is 6.03 Å². The van der Waals surface area contributed by atoms with E-state index in [1.807, 2.05) is 24.3 Å². The fraction of sp³-hybridized carbons (Fsp3) is 0.417. The molecule has 0 radical (unpaired) electrons. The molecule has 0 bridgehead atoms. The van der Waals surface area contributed by atoms with Crippen LogP contribution in [-0.4, -0.2) is 19.1 Å². The highest BCUT2D eigenvalue weighted by molar-refractivity contribution is 5.89. The molecule has 0 aliphatic heterocycles. The molecule has 1 aromatic carbocycles. The fourth-order valence-corrected chi connectivity index (χ4v) is 1.31. The number of hydrogen-bond acceptors (Lipinski definition) is 2. The molecule has 0 saturated heterocycles. The standard InChI is InChI=1S/C12H19N3O/c1-9(2)10-3-5-11(6-4-10)15-12(16)14-8-7-13/h3-6,9H,7-8,13H2,1-2H3,(H2,14,15,16). The maximum absolute atomic E-state index is 11.3. The molecule has 0 unspecified atom stereocenters. The molecule has 88 valence electrons. The molecular formula is C12H19N3O. The number of benzene rings is 1. The van der Waals surface area contributed by atoms with Crippen molar-refractivity contribution in [3.63, 3.8) is 0 Å². The molecule has 0 spiro atoms. The average molecular weight is 221 g/mol. The molecule has 0 aliphatic rings. The highest BCUT2D eigenvalue weighted by Gasteiger charge is 2.01. The summed E-state index contributed by atoms with van der Waals surface area (Å²) in [5.41, 5.74) is 7.33. The van der Waals surface area contributed by atoms with Crippen LogP contribution in [0.15, 0.2) is 24.3 Å². The van der Waals surface area contributed by atoms with Gasteiger partial charge in [-0.2, -0.15) is 0 Å². The van der Waals surface area contributed by atoms with Crippen molar-refractivity contribution >= 4 is 11.7 Å². The van der Waals surface area contributed by atoms with Gasteiger partial charge in [-0.3, -0.25) is 0 Å². The summed E-state index contributed by atoms with van der Waals surface area (Å²) in [5, 5.41) is 5.38. The summed E-state index contributed by atoms with van der Waals surface area (Å²) in [6.07, 6.45) is 0. The number of rotatable bonds is 4. The van der Waals surface area contributed by atoms with Crippen molar-refractivity contribution in [1.29, 1.82) is 0 Å². The van der Waals surface area contributed by atoms with Gasteiger partial charge in [0.05, 0.1) is 0 Å². The van der Waals surface area contributed by atoms with Gasteiger partial charge in [0.25, 0.3) is 0 Å². The van der Waals surface area contributed by atoms with Crippen LogP contribution in [0.1, 0.15) is 25.3 Å². The maximum atomic E-state index is 11.3. The zero-order valence-electron chi connectivity index (χ0n) is 9.79. The molecule has 2 amide bonds. The predicted molar refractivity (Wildman–Crippen MR) is 66.6 cm³/mol. The number of amides is 2. The largest absolute Gasteiger partial charge is 0.337 e. The normalized spacial score (nSPS) is 10.2. The molecule has 1 rings (SSSR count). The van der Waals surface area contributed by atoms with Crippen molar-refractivity contribution in [3.8, 4) is 0 Å². The lowest BCUT2D eigenvalue weighted by Crippen LogP contribution is -2.32. The lowest BCUT2D eigenvalue weighted by molar-refractivity contribution is 0.252. The third-order valence-electron chi connectivity index (χ3n) is 2.27. The first-order chi connectivity index (χ1) is 7.63. The third-order valence-corrected chi connectivity index (χ3v) is 2.27. The van der Waals surface area contributed by atoms with Gasteiger partial charge in [-0.05, 0) is 23.6 Å². The summed E-state index contributed by atoms with van der Waals surface area (Å²) in [6.45, 7) is 5.20. The molecule has 0 heterocycles. The minimum atomic E-state index is -0.220. The molecule has 0 aliphatic carbocycles. The van der Waals surface area contributed by atoms with Crippen LogP contribution in [0.3, 0.4) is 0 Å². The van der Waals surface area contributed by atoms with E-state index in [4.69, 9.17) is 5.73 Å². The summed E-state index contributed by atoms with van der Waals surface area (Å²) in [7, 11) is 0. The third kappa shape index (κ3) is 3.90. The number of urea groups is 1. The topological polar surface area (TPSA) is 67.2 Å². The molecular weight excluding hydrogens is 202 g/mol. The van der Waals surface area contributed by atoms with E-state index in [0.29, 0.717) is 19.0 Å². The summed E-state index contributed by atoms with van der Waals surface area (Å²) in [5.74, 6) is 0.500. The van der Waals surface area contributed by atoms with E-state index >= 15 is 0 Å². The fourth-order valence-electron chi connectivity index (χ4n) is 1.31. The molecule has 0 fully saturated rings. The lowest BCUT2D eigenvalue weighted by Gasteiger charge is -2.09. The average Bonchev–Trinajstić information content (AvgIpc) is 2.27. The molecule has 4 nitrogen and oxygen atoms in total. The Labute approximate surface area is 96.2 Å². The Bertz CT molecular complexity index is 333. The van der Waals surface area contributed by atoms with Crippen LogP contribution in [0.25, 0.3) is 0 Å². The van der Waals surface area contributed by atoms with Gasteiger partial charge in [0.1, 0.15) is 0 Å². The number of carbonyl (C=O) groups excluding carboxylic acids is 1. The second kappa shape index (κ2) is 6.12. The summed E-state index contributed by atoms with van der Waals surface area (Å²) >= 11 is 0. The smallest absolute Gasteiger partial charge is 0.319 e. The van der Waals surface area contributed by atoms with Gasteiger partial charge in [-0.25, -0.2) is 4.79 Å². The first kappa shape index (κ1) is 12.5. The van der Waals surface area contributed by atoms with E-state index < -0.39 is 0 Å². The Kier molecular flexibility index (Phi) is 4.79. The van der Waals surface area contributed by atoms with Crippen LogP contribution in [0, 0.1) is 0 Å². The molecule has 4 heteroatoms. The Morgan fingerprint density at radius 2 is 1.94 bits per heavy atom. The van der Waals surface area contributed by atoms with E-state index in [9.17, 15) is 4.79 Å². The number of anilines is 1. The van der Waals surface area contributed by atoms with Crippen LogP contribution in [0.5, 0.6) is 0 Å². The predicted octanol–water partition coefficient (Wildman–Crippen LogP) is 1.89. The van der Waals surface area contributed by atoms with Gasteiger partial charge in [-0.1, -0.05) is 26.0 Å². The zero-order chi connectivity index (χ0) is 12.0. The van der Waals surface area contributed by atoms with Gasteiger partial charge in [0, 0.05) is 18.8 Å². The van der Waals surface area contributed by atoms with Gasteiger partial charge in [0.15, 0.2) is 0 Å². The first-order valence-corrected chi connectivity index (χ1v) is 5.48. The van der Waals surface area contributed by atoms with Crippen LogP contribution in [-0.2, 0) is 0 Å². The SMILES string of the molecule is CC(C)c1ccc(NC(=O)NCCN)cc1. The molecule has 1 aromatic rings. The van der Waals surface area contributed by atoms with E-state index in [2.05, 4.69) is 24.5 Å². The minimum absolute atomic E-state index is 0.220. The first-order valence-electron chi connectivity index (χ1n) is 5.48. The van der Waals surface area contributed by atoms with Gasteiger partial charge < -0.3 is 16.4 Å². The van der Waals surface area contributed by atoms with Crippen LogP contribution in [0.2, 0.25) is 0 Å². The molecule has 16 heavy (non-hydrogen) atoms. The van der Waals surface area contributed by atoms with Crippen molar-refractivity contribution in [1.82, 2.24) is 5.32 Å². The minimum Gasteiger partial charge on any atom is -0.337 e. The molecule has 0 atom stereocenters. The lowest BCUT2D eigenvalue weighted by atomic mass is 10.0. The van der Waals surface area contributed by atoms with E-state index in [1.54, 1.807) is 0 Å².